The van der Waals surface area contributed by atoms with Crippen LogP contribution in [-0.2, 0) is 6.42 Å². The Morgan fingerprint density at radius 3 is 2.18 bits per heavy atom. The van der Waals surface area contributed by atoms with Gasteiger partial charge in [0.2, 0.25) is 0 Å². The molecular formula is C15H28N2. The Morgan fingerprint density at radius 2 is 1.59 bits per heavy atom. The Kier molecular flexibility index (Phi) is 6.89. The summed E-state index contributed by atoms with van der Waals surface area (Å²) in [7, 11) is 0. The highest BCUT2D eigenvalue weighted by Gasteiger charge is 2.28. The maximum Gasteiger partial charge on any atom is 0.0549 e. The first-order chi connectivity index (χ1) is 8.08. The zero-order valence-electron chi connectivity index (χ0n) is 12.2. The number of nitrogens with two attached hydrogens (primary N) is 1. The molecule has 0 bridgehead atoms. The van der Waals surface area contributed by atoms with Crippen molar-refractivity contribution in [1.82, 2.24) is 0 Å². The number of rotatable bonds is 0. The number of hydrogen-bond donors (Lipinski definition) is 1. The van der Waals surface area contributed by atoms with Crippen molar-refractivity contribution < 1.29 is 0 Å². The van der Waals surface area contributed by atoms with E-state index in [4.69, 9.17) is 5.84 Å². The van der Waals surface area contributed by atoms with Gasteiger partial charge >= 0.3 is 0 Å². The summed E-state index contributed by atoms with van der Waals surface area (Å²) in [4.78, 5) is 0. The first-order valence-corrected chi connectivity index (χ1v) is 6.69. The number of nitrogens with zero attached hydrogens (tertiary/aromatic N) is 1. The van der Waals surface area contributed by atoms with Crippen LogP contribution < -0.4 is 10.9 Å². The first-order valence-electron chi connectivity index (χ1n) is 6.69. The van der Waals surface area contributed by atoms with Gasteiger partial charge in [-0.15, -0.1) is 0 Å². The van der Waals surface area contributed by atoms with E-state index in [0.29, 0.717) is 5.41 Å². The maximum atomic E-state index is 5.96. The smallest absolute Gasteiger partial charge is 0.0549 e. The molecule has 2 N–H and O–H groups in total. The average Bonchev–Trinajstić information content (AvgIpc) is 2.33. The van der Waals surface area contributed by atoms with Crippen LogP contribution in [0.1, 0.15) is 47.1 Å². The molecule has 0 aliphatic carbocycles. The fourth-order valence-electron chi connectivity index (χ4n) is 2.06. The molecule has 1 aliphatic rings. The van der Waals surface area contributed by atoms with Crippen molar-refractivity contribution >= 4 is 5.69 Å². The second-order valence-electron chi connectivity index (χ2n) is 4.60. The molecule has 1 aliphatic heterocycles. The minimum Gasteiger partial charge on any atom is -0.310 e. The number of anilines is 1. The molecule has 0 aromatic heterocycles. The van der Waals surface area contributed by atoms with E-state index in [1.165, 1.54) is 11.3 Å². The van der Waals surface area contributed by atoms with E-state index >= 15 is 0 Å². The molecule has 0 unspecified atom stereocenters. The van der Waals surface area contributed by atoms with Gasteiger partial charge in [-0.2, -0.15) is 0 Å². The van der Waals surface area contributed by atoms with Crippen LogP contribution >= 0.6 is 0 Å². The van der Waals surface area contributed by atoms with Gasteiger partial charge in [0.1, 0.15) is 0 Å². The van der Waals surface area contributed by atoms with E-state index in [0.717, 1.165) is 13.0 Å². The molecule has 2 rings (SSSR count). The molecule has 1 aromatic rings. The molecule has 17 heavy (non-hydrogen) atoms. The molecule has 1 heterocycles. The minimum absolute atomic E-state index is 0.295. The highest BCUT2D eigenvalue weighted by molar-refractivity contribution is 5.54. The largest absolute Gasteiger partial charge is 0.310 e. The van der Waals surface area contributed by atoms with E-state index < -0.39 is 0 Å². The van der Waals surface area contributed by atoms with Crippen molar-refractivity contribution in [2.45, 2.75) is 48.0 Å². The lowest BCUT2D eigenvalue weighted by molar-refractivity contribution is 0.350. The molecule has 0 radical (unpaired) electrons. The summed E-state index contributed by atoms with van der Waals surface area (Å²) in [6.07, 6.45) is 1.12. The second kappa shape index (κ2) is 7.33. The molecule has 0 amide bonds. The van der Waals surface area contributed by atoms with Gasteiger partial charge < -0.3 is 5.01 Å². The number of para-hydroxylation sites is 1. The van der Waals surface area contributed by atoms with Crippen molar-refractivity contribution in [3.63, 3.8) is 0 Å². The van der Waals surface area contributed by atoms with Crippen LogP contribution in [-0.4, -0.2) is 6.54 Å². The minimum atomic E-state index is 0.295. The topological polar surface area (TPSA) is 29.3 Å². The molecular weight excluding hydrogens is 208 g/mol. The zero-order valence-corrected chi connectivity index (χ0v) is 12.2. The number of hydrazine groups is 1. The van der Waals surface area contributed by atoms with Crippen molar-refractivity contribution in [2.75, 3.05) is 11.6 Å². The van der Waals surface area contributed by atoms with Crippen LogP contribution in [0.3, 0.4) is 0 Å². The molecule has 0 spiro atoms. The van der Waals surface area contributed by atoms with E-state index in [-0.39, 0.29) is 0 Å². The molecule has 0 saturated heterocycles. The molecule has 0 atom stereocenters. The van der Waals surface area contributed by atoms with Crippen LogP contribution in [0.25, 0.3) is 0 Å². The Labute approximate surface area is 107 Å². The highest BCUT2D eigenvalue weighted by Crippen LogP contribution is 2.33. The van der Waals surface area contributed by atoms with Crippen LogP contribution in [0.5, 0.6) is 0 Å². The summed E-state index contributed by atoms with van der Waals surface area (Å²) in [6, 6.07) is 8.37. The Bertz CT molecular complexity index is 318. The lowest BCUT2D eigenvalue weighted by Gasteiger charge is -2.37. The van der Waals surface area contributed by atoms with Gasteiger partial charge in [0.05, 0.1) is 5.69 Å². The van der Waals surface area contributed by atoms with E-state index in [1.807, 2.05) is 38.8 Å². The van der Waals surface area contributed by atoms with Crippen molar-refractivity contribution in [1.29, 1.82) is 0 Å². The maximum absolute atomic E-state index is 5.96. The molecule has 0 fully saturated rings. The summed E-state index contributed by atoms with van der Waals surface area (Å²) in [5.74, 6) is 5.96. The summed E-state index contributed by atoms with van der Waals surface area (Å²) in [5.41, 5.74) is 2.84. The van der Waals surface area contributed by atoms with Gasteiger partial charge in [-0.25, -0.2) is 5.84 Å². The SMILES string of the molecule is CC.CC.CC1(C)Cc2ccccc2N(N)C1. The van der Waals surface area contributed by atoms with Gasteiger partial charge in [0.25, 0.3) is 0 Å². The lowest BCUT2D eigenvalue weighted by atomic mass is 9.82. The predicted octanol–water partition coefficient (Wildman–Crippen LogP) is 4.00. The normalized spacial score (nSPS) is 15.8. The fourth-order valence-corrected chi connectivity index (χ4v) is 2.06. The standard InChI is InChI=1S/C11H16N2.2C2H6/c1-11(2)7-9-5-3-4-6-10(9)13(12)8-11;2*1-2/h3-6H,7-8,12H2,1-2H3;2*1-2H3. The van der Waals surface area contributed by atoms with Crippen LogP contribution in [0.2, 0.25) is 0 Å². The van der Waals surface area contributed by atoms with E-state index in [9.17, 15) is 0 Å². The number of hydrogen-bond acceptors (Lipinski definition) is 2. The van der Waals surface area contributed by atoms with E-state index in [1.54, 1.807) is 0 Å². The summed E-state index contributed by atoms with van der Waals surface area (Å²) in [6.45, 7) is 13.4. The second-order valence-corrected chi connectivity index (χ2v) is 4.60. The van der Waals surface area contributed by atoms with Gasteiger partial charge in [0, 0.05) is 6.54 Å². The average molecular weight is 236 g/mol. The number of fused-ring (bicyclic) bond motifs is 1. The predicted molar refractivity (Wildman–Crippen MR) is 78.2 cm³/mol. The van der Waals surface area contributed by atoms with Crippen molar-refractivity contribution in [2.24, 2.45) is 11.3 Å². The third-order valence-electron chi connectivity index (χ3n) is 2.57. The van der Waals surface area contributed by atoms with Gasteiger partial charge in [-0.3, -0.25) is 0 Å². The van der Waals surface area contributed by atoms with Gasteiger partial charge in [-0.1, -0.05) is 59.7 Å². The summed E-state index contributed by atoms with van der Waals surface area (Å²) < 4.78 is 0. The van der Waals surface area contributed by atoms with Gasteiger partial charge in [0.15, 0.2) is 0 Å². The summed E-state index contributed by atoms with van der Waals surface area (Å²) in [5, 5.41) is 1.86. The van der Waals surface area contributed by atoms with Crippen LogP contribution in [0.15, 0.2) is 24.3 Å². The molecule has 1 aromatic carbocycles. The fraction of sp³-hybridized carbons (Fsp3) is 0.600. The lowest BCUT2D eigenvalue weighted by Crippen LogP contribution is -2.44. The molecule has 98 valence electrons. The van der Waals surface area contributed by atoms with Crippen molar-refractivity contribution in [3.05, 3.63) is 29.8 Å². The quantitative estimate of drug-likeness (QED) is 0.690. The van der Waals surface area contributed by atoms with Gasteiger partial charge in [-0.05, 0) is 23.5 Å². The highest BCUT2D eigenvalue weighted by atomic mass is 15.4. The Balaban J connectivity index is 0.000000581. The van der Waals surface area contributed by atoms with Crippen LogP contribution in [0.4, 0.5) is 5.69 Å². The molecule has 2 nitrogen and oxygen atoms in total. The monoisotopic (exact) mass is 236 g/mol. The third-order valence-corrected chi connectivity index (χ3v) is 2.57. The van der Waals surface area contributed by atoms with Crippen LogP contribution in [0, 0.1) is 5.41 Å². The Hall–Kier alpha value is -1.02. The molecule has 0 saturated carbocycles. The number of benzene rings is 1. The third kappa shape index (κ3) is 4.39. The van der Waals surface area contributed by atoms with E-state index in [2.05, 4.69) is 32.0 Å². The van der Waals surface area contributed by atoms with Crippen molar-refractivity contribution in [3.8, 4) is 0 Å². The zero-order chi connectivity index (χ0) is 13.5. The Morgan fingerprint density at radius 1 is 1.06 bits per heavy atom. The summed E-state index contributed by atoms with van der Waals surface area (Å²) >= 11 is 0. The molecule has 2 heteroatoms. The first kappa shape index (κ1) is 16.0.